The van der Waals surface area contributed by atoms with E-state index in [-0.39, 0.29) is 11.9 Å². The molecule has 1 aliphatic heterocycles. The molecule has 5 heteroatoms. The summed E-state index contributed by atoms with van der Waals surface area (Å²) in [6.45, 7) is 3.23. The maximum absolute atomic E-state index is 14.5. The number of halogens is 1. The molecule has 3 aromatic rings. The van der Waals surface area contributed by atoms with Gasteiger partial charge in [0, 0.05) is 5.39 Å². The van der Waals surface area contributed by atoms with Crippen LogP contribution in [0.1, 0.15) is 43.2 Å². The number of benzene rings is 2. The number of nitrogens with zero attached hydrogens (tertiary/aromatic N) is 2. The summed E-state index contributed by atoms with van der Waals surface area (Å²) in [4.78, 5) is 6.72. The van der Waals surface area contributed by atoms with Crippen molar-refractivity contribution in [3.8, 4) is 5.75 Å². The highest BCUT2D eigenvalue weighted by Crippen LogP contribution is 2.28. The Kier molecular flexibility index (Phi) is 8.30. The minimum atomic E-state index is -0.317. The molecule has 1 aliphatic rings. The Hall–Kier alpha value is -2.50. The van der Waals surface area contributed by atoms with Crippen LogP contribution in [0, 0.1) is 11.7 Å². The van der Waals surface area contributed by atoms with Gasteiger partial charge in [-0.05, 0) is 99.8 Å². The Balaban J connectivity index is 1.22. The van der Waals surface area contributed by atoms with Gasteiger partial charge in [-0.15, -0.1) is 0 Å². The first-order valence-electron chi connectivity index (χ1n) is 12.2. The predicted molar refractivity (Wildman–Crippen MR) is 131 cm³/mol. The summed E-state index contributed by atoms with van der Waals surface area (Å²) >= 11 is 0. The zero-order valence-corrected chi connectivity index (χ0v) is 19.5. The molecule has 0 saturated carbocycles. The molecule has 4 rings (SSSR count). The average Bonchev–Trinajstić information content (AvgIpc) is 2.86. The van der Waals surface area contributed by atoms with E-state index in [4.69, 9.17) is 4.74 Å². The second-order valence-electron chi connectivity index (χ2n) is 9.20. The smallest absolute Gasteiger partial charge is 0.145 e. The fraction of sp³-hybridized carbons (Fsp3) is 0.464. The van der Waals surface area contributed by atoms with Crippen molar-refractivity contribution in [1.82, 2.24) is 9.88 Å². The van der Waals surface area contributed by atoms with Gasteiger partial charge in [-0.1, -0.05) is 30.3 Å². The summed E-state index contributed by atoms with van der Waals surface area (Å²) in [5, 5.41) is 11.6. The molecule has 0 radical (unpaired) electrons. The van der Waals surface area contributed by atoms with Crippen LogP contribution in [-0.2, 0) is 12.8 Å². The third-order valence-electron chi connectivity index (χ3n) is 7.02. The van der Waals surface area contributed by atoms with Crippen LogP contribution in [0.15, 0.2) is 54.7 Å². The lowest BCUT2D eigenvalue weighted by Gasteiger charge is -2.34. The highest BCUT2D eigenvalue weighted by atomic mass is 19.1. The van der Waals surface area contributed by atoms with E-state index in [2.05, 4.69) is 40.2 Å². The second kappa shape index (κ2) is 11.6. The first-order valence-corrected chi connectivity index (χ1v) is 12.2. The maximum atomic E-state index is 14.5. The van der Waals surface area contributed by atoms with Gasteiger partial charge in [-0.2, -0.15) is 0 Å². The molecule has 0 amide bonds. The molecule has 1 fully saturated rings. The Morgan fingerprint density at radius 2 is 1.88 bits per heavy atom. The first kappa shape index (κ1) is 23.7. The number of likely N-dealkylation sites (tertiary alicyclic amines) is 1. The fourth-order valence-electron chi connectivity index (χ4n) is 5.02. The van der Waals surface area contributed by atoms with E-state index in [1.165, 1.54) is 18.2 Å². The van der Waals surface area contributed by atoms with Crippen molar-refractivity contribution in [2.45, 2.75) is 51.0 Å². The van der Waals surface area contributed by atoms with E-state index in [0.29, 0.717) is 30.1 Å². The monoisotopic (exact) mass is 450 g/mol. The number of hydrogen-bond acceptors (Lipinski definition) is 4. The van der Waals surface area contributed by atoms with Gasteiger partial charge in [0.1, 0.15) is 11.6 Å². The summed E-state index contributed by atoms with van der Waals surface area (Å²) in [6, 6.07) is 16.2. The summed E-state index contributed by atoms with van der Waals surface area (Å²) in [7, 11) is 1.61. The lowest BCUT2D eigenvalue weighted by molar-refractivity contribution is 0.0521. The maximum Gasteiger partial charge on any atom is 0.145 e. The quantitative estimate of drug-likeness (QED) is 0.449. The van der Waals surface area contributed by atoms with Gasteiger partial charge in [-0.3, -0.25) is 4.98 Å². The molecule has 0 bridgehead atoms. The highest BCUT2D eigenvalue weighted by Gasteiger charge is 2.25. The van der Waals surface area contributed by atoms with Crippen molar-refractivity contribution in [3.63, 3.8) is 0 Å². The zero-order chi connectivity index (χ0) is 23.0. The van der Waals surface area contributed by atoms with Crippen LogP contribution in [-0.4, -0.2) is 47.8 Å². The molecule has 0 aliphatic carbocycles. The van der Waals surface area contributed by atoms with Crippen LogP contribution >= 0.6 is 0 Å². The molecular formula is C28H35FN2O2. The number of aliphatic hydroxyl groups is 1. The van der Waals surface area contributed by atoms with Gasteiger partial charge in [0.25, 0.3) is 0 Å². The molecule has 1 unspecified atom stereocenters. The predicted octanol–water partition coefficient (Wildman–Crippen LogP) is 5.41. The van der Waals surface area contributed by atoms with Gasteiger partial charge in [0.2, 0.25) is 0 Å². The van der Waals surface area contributed by atoms with Crippen molar-refractivity contribution in [3.05, 3.63) is 71.7 Å². The van der Waals surface area contributed by atoms with Crippen LogP contribution in [0.2, 0.25) is 0 Å². The first-order chi connectivity index (χ1) is 16.1. The molecule has 0 spiro atoms. The summed E-state index contributed by atoms with van der Waals surface area (Å²) in [6.07, 6.45) is 7.40. The Morgan fingerprint density at radius 3 is 2.64 bits per heavy atom. The minimum Gasteiger partial charge on any atom is -0.497 e. The van der Waals surface area contributed by atoms with Crippen LogP contribution in [0.25, 0.3) is 10.9 Å². The number of fused-ring (bicyclic) bond motifs is 1. The zero-order valence-electron chi connectivity index (χ0n) is 19.5. The third kappa shape index (κ3) is 6.30. The van der Waals surface area contributed by atoms with Gasteiger partial charge in [0.15, 0.2) is 0 Å². The SMILES string of the molecule is COc1ccc2ncc(F)c(CCCC(O)C3CCN(CCCc4ccccc4)CC3)c2c1. The van der Waals surface area contributed by atoms with Crippen LogP contribution in [0.5, 0.6) is 5.75 Å². The van der Waals surface area contributed by atoms with Gasteiger partial charge in [-0.25, -0.2) is 4.39 Å². The summed E-state index contributed by atoms with van der Waals surface area (Å²) in [5.41, 5.74) is 2.84. The largest absolute Gasteiger partial charge is 0.497 e. The number of rotatable bonds is 10. The molecule has 4 nitrogen and oxygen atoms in total. The topological polar surface area (TPSA) is 45.6 Å². The molecule has 33 heavy (non-hydrogen) atoms. The normalized spacial score (nSPS) is 16.2. The van der Waals surface area contributed by atoms with Crippen molar-refractivity contribution in [2.24, 2.45) is 5.92 Å². The van der Waals surface area contributed by atoms with Crippen LogP contribution in [0.3, 0.4) is 0 Å². The molecule has 2 aromatic carbocycles. The average molecular weight is 451 g/mol. The van der Waals surface area contributed by atoms with E-state index in [1.54, 1.807) is 7.11 Å². The van der Waals surface area contributed by atoms with Crippen LogP contribution in [0.4, 0.5) is 4.39 Å². The fourth-order valence-corrected chi connectivity index (χ4v) is 5.02. The Labute approximate surface area is 196 Å². The molecule has 1 aromatic heterocycles. The molecule has 1 saturated heterocycles. The van der Waals surface area contributed by atoms with Gasteiger partial charge < -0.3 is 14.7 Å². The van der Waals surface area contributed by atoms with Crippen molar-refractivity contribution in [2.75, 3.05) is 26.7 Å². The van der Waals surface area contributed by atoms with E-state index in [0.717, 1.165) is 56.2 Å². The number of aromatic nitrogens is 1. The van der Waals surface area contributed by atoms with E-state index in [1.807, 2.05) is 18.2 Å². The molecule has 176 valence electrons. The van der Waals surface area contributed by atoms with Gasteiger partial charge in [0.05, 0.1) is 24.9 Å². The number of aliphatic hydroxyl groups excluding tert-OH is 1. The van der Waals surface area contributed by atoms with Crippen LogP contribution < -0.4 is 4.74 Å². The number of aryl methyl sites for hydroxylation is 2. The number of hydrogen-bond donors (Lipinski definition) is 1. The van der Waals surface area contributed by atoms with E-state index < -0.39 is 0 Å². The molecular weight excluding hydrogens is 415 g/mol. The van der Waals surface area contributed by atoms with Crippen molar-refractivity contribution in [1.29, 1.82) is 0 Å². The van der Waals surface area contributed by atoms with E-state index in [9.17, 15) is 9.50 Å². The highest BCUT2D eigenvalue weighted by molar-refractivity contribution is 5.83. The molecule has 2 heterocycles. The Bertz CT molecular complexity index is 1020. The van der Waals surface area contributed by atoms with Gasteiger partial charge >= 0.3 is 0 Å². The standard InChI is InChI=1S/C28H35FN2O2/c1-33-23-12-13-27-25(19-23)24(26(29)20-30-27)10-5-11-28(32)22-14-17-31(18-15-22)16-6-9-21-7-3-2-4-8-21/h2-4,7-8,12-13,19-20,22,28,32H,5-6,9-11,14-18H2,1H3. The lowest BCUT2D eigenvalue weighted by Crippen LogP contribution is -2.38. The molecule has 1 N–H and O–H groups in total. The number of ether oxygens (including phenoxy) is 1. The van der Waals surface area contributed by atoms with E-state index >= 15 is 0 Å². The summed E-state index contributed by atoms with van der Waals surface area (Å²) in [5.74, 6) is 0.760. The second-order valence-corrected chi connectivity index (χ2v) is 9.20. The number of piperidine rings is 1. The third-order valence-corrected chi connectivity index (χ3v) is 7.02. The summed E-state index contributed by atoms with van der Waals surface area (Å²) < 4.78 is 19.8. The molecule has 1 atom stereocenters. The van der Waals surface area contributed by atoms with Crippen molar-refractivity contribution < 1.29 is 14.2 Å². The van der Waals surface area contributed by atoms with Crippen molar-refractivity contribution >= 4 is 10.9 Å². The lowest BCUT2D eigenvalue weighted by atomic mass is 9.88. The number of methoxy groups -OCH3 is 1. The minimum absolute atomic E-state index is 0.283. The Morgan fingerprint density at radius 1 is 1.09 bits per heavy atom. The number of pyridine rings is 1.